The molecule has 3 heteroatoms. The Kier molecular flexibility index (Phi) is 6.74. The number of hydrogen-bond donors (Lipinski definition) is 1. The van der Waals surface area contributed by atoms with E-state index in [1.807, 2.05) is 11.7 Å². The molecule has 1 heterocycles. The molecule has 0 bridgehead atoms. The van der Waals surface area contributed by atoms with Crippen LogP contribution in [0.25, 0.3) is 0 Å². The quantitative estimate of drug-likeness (QED) is 0.724. The van der Waals surface area contributed by atoms with Crippen LogP contribution in [-0.2, 0) is 19.0 Å². The molecule has 0 aromatic carbocycles. The number of hydrogen-bond acceptors (Lipinski definition) is 2. The fourth-order valence-electron chi connectivity index (χ4n) is 2.56. The van der Waals surface area contributed by atoms with Crippen molar-refractivity contribution in [1.82, 2.24) is 15.1 Å². The standard InChI is InChI=1S/C17H33N3/c1-7-8-9-10-11-14(2)18-12-15-13-20(6)19-16(15)17(3,4)5/h13-14,18H,7-12H2,1-6H3. The van der Waals surface area contributed by atoms with Crippen LogP contribution in [0.2, 0.25) is 0 Å². The van der Waals surface area contributed by atoms with Crippen molar-refractivity contribution in [3.63, 3.8) is 0 Å². The maximum Gasteiger partial charge on any atom is 0.0722 e. The van der Waals surface area contributed by atoms with E-state index >= 15 is 0 Å². The van der Waals surface area contributed by atoms with Crippen molar-refractivity contribution in [2.45, 2.75) is 84.7 Å². The highest BCUT2D eigenvalue weighted by Gasteiger charge is 2.21. The fraction of sp³-hybridized carbons (Fsp3) is 0.824. The molecule has 0 saturated heterocycles. The maximum atomic E-state index is 4.62. The summed E-state index contributed by atoms with van der Waals surface area (Å²) >= 11 is 0. The zero-order chi connectivity index (χ0) is 15.2. The van der Waals surface area contributed by atoms with Gasteiger partial charge in [-0.1, -0.05) is 53.4 Å². The summed E-state index contributed by atoms with van der Waals surface area (Å²) in [5.41, 5.74) is 2.66. The first kappa shape index (κ1) is 17.2. The van der Waals surface area contributed by atoms with Gasteiger partial charge in [-0.3, -0.25) is 4.68 Å². The van der Waals surface area contributed by atoms with Gasteiger partial charge in [0, 0.05) is 36.8 Å². The molecular formula is C17H33N3. The van der Waals surface area contributed by atoms with Crippen LogP contribution in [0.4, 0.5) is 0 Å². The van der Waals surface area contributed by atoms with Crippen molar-refractivity contribution in [1.29, 1.82) is 0 Å². The van der Waals surface area contributed by atoms with Crippen molar-refractivity contribution in [3.05, 3.63) is 17.5 Å². The molecule has 3 nitrogen and oxygen atoms in total. The van der Waals surface area contributed by atoms with E-state index in [1.165, 1.54) is 43.4 Å². The van der Waals surface area contributed by atoms with E-state index in [4.69, 9.17) is 0 Å². The molecule has 0 aliphatic heterocycles. The minimum atomic E-state index is 0.114. The Hall–Kier alpha value is -0.830. The lowest BCUT2D eigenvalue weighted by molar-refractivity contribution is 0.477. The largest absolute Gasteiger partial charge is 0.310 e. The molecule has 1 rings (SSSR count). The van der Waals surface area contributed by atoms with Crippen LogP contribution in [0.1, 0.15) is 78.0 Å². The average molecular weight is 279 g/mol. The van der Waals surface area contributed by atoms with Crippen molar-refractivity contribution in [2.75, 3.05) is 0 Å². The van der Waals surface area contributed by atoms with Crippen LogP contribution in [0.3, 0.4) is 0 Å². The maximum absolute atomic E-state index is 4.62. The number of aromatic nitrogens is 2. The summed E-state index contributed by atoms with van der Waals surface area (Å²) in [5.74, 6) is 0. The highest BCUT2D eigenvalue weighted by Crippen LogP contribution is 2.24. The Morgan fingerprint density at radius 2 is 1.95 bits per heavy atom. The van der Waals surface area contributed by atoms with Crippen molar-refractivity contribution in [2.24, 2.45) is 7.05 Å². The van der Waals surface area contributed by atoms with Gasteiger partial charge in [0.05, 0.1) is 5.69 Å². The molecule has 0 fully saturated rings. The van der Waals surface area contributed by atoms with E-state index in [2.05, 4.69) is 51.2 Å². The van der Waals surface area contributed by atoms with E-state index in [0.717, 1.165) is 6.54 Å². The first-order valence-electron chi connectivity index (χ1n) is 8.11. The van der Waals surface area contributed by atoms with Crippen LogP contribution in [-0.4, -0.2) is 15.8 Å². The topological polar surface area (TPSA) is 29.9 Å². The van der Waals surface area contributed by atoms with E-state index in [-0.39, 0.29) is 5.41 Å². The second kappa shape index (κ2) is 7.82. The summed E-state index contributed by atoms with van der Waals surface area (Å²) in [7, 11) is 2.01. The lowest BCUT2D eigenvalue weighted by Crippen LogP contribution is -2.26. The molecule has 1 N–H and O–H groups in total. The Labute approximate surface area is 125 Å². The molecular weight excluding hydrogens is 246 g/mol. The fourth-order valence-corrected chi connectivity index (χ4v) is 2.56. The van der Waals surface area contributed by atoms with Gasteiger partial charge >= 0.3 is 0 Å². The predicted molar refractivity (Wildman–Crippen MR) is 87.0 cm³/mol. The molecule has 1 atom stereocenters. The molecule has 0 aliphatic carbocycles. The Morgan fingerprint density at radius 1 is 1.25 bits per heavy atom. The predicted octanol–water partition coefficient (Wildman–Crippen LogP) is 4.17. The van der Waals surface area contributed by atoms with Crippen molar-refractivity contribution >= 4 is 0 Å². The van der Waals surface area contributed by atoms with Crippen LogP contribution >= 0.6 is 0 Å². The third kappa shape index (κ3) is 5.66. The van der Waals surface area contributed by atoms with E-state index in [9.17, 15) is 0 Å². The Balaban J connectivity index is 2.45. The van der Waals surface area contributed by atoms with E-state index in [0.29, 0.717) is 6.04 Å². The zero-order valence-corrected chi connectivity index (χ0v) is 14.3. The Bertz CT molecular complexity index is 387. The first-order valence-corrected chi connectivity index (χ1v) is 8.11. The van der Waals surface area contributed by atoms with E-state index < -0.39 is 0 Å². The molecule has 0 radical (unpaired) electrons. The monoisotopic (exact) mass is 279 g/mol. The van der Waals surface area contributed by atoms with Gasteiger partial charge in [-0.15, -0.1) is 0 Å². The number of rotatable bonds is 8. The Morgan fingerprint density at radius 3 is 2.55 bits per heavy atom. The number of aryl methyl sites for hydroxylation is 1. The molecule has 0 aliphatic rings. The normalized spacial score (nSPS) is 13.7. The number of nitrogens with one attached hydrogen (secondary N) is 1. The van der Waals surface area contributed by atoms with Gasteiger partial charge in [0.2, 0.25) is 0 Å². The van der Waals surface area contributed by atoms with Crippen LogP contribution in [0.15, 0.2) is 6.20 Å². The van der Waals surface area contributed by atoms with Gasteiger partial charge in [0.1, 0.15) is 0 Å². The van der Waals surface area contributed by atoms with Gasteiger partial charge < -0.3 is 5.32 Å². The van der Waals surface area contributed by atoms with Gasteiger partial charge in [-0.25, -0.2) is 0 Å². The first-order chi connectivity index (χ1) is 9.34. The summed E-state index contributed by atoms with van der Waals surface area (Å²) < 4.78 is 1.93. The minimum absolute atomic E-state index is 0.114. The molecule has 20 heavy (non-hydrogen) atoms. The highest BCUT2D eigenvalue weighted by atomic mass is 15.3. The molecule has 1 unspecified atom stereocenters. The minimum Gasteiger partial charge on any atom is -0.310 e. The van der Waals surface area contributed by atoms with E-state index in [1.54, 1.807) is 0 Å². The molecule has 1 aromatic rings. The second-order valence-corrected chi connectivity index (χ2v) is 7.06. The molecule has 116 valence electrons. The summed E-state index contributed by atoms with van der Waals surface area (Å²) in [6.45, 7) is 12.2. The average Bonchev–Trinajstić information content (AvgIpc) is 2.73. The van der Waals surface area contributed by atoms with Crippen LogP contribution in [0.5, 0.6) is 0 Å². The third-order valence-corrected chi connectivity index (χ3v) is 3.75. The summed E-state index contributed by atoms with van der Waals surface area (Å²) in [5, 5.41) is 8.27. The number of nitrogens with zero attached hydrogens (tertiary/aromatic N) is 2. The van der Waals surface area contributed by atoms with Gasteiger partial charge in [-0.2, -0.15) is 5.10 Å². The third-order valence-electron chi connectivity index (χ3n) is 3.75. The smallest absolute Gasteiger partial charge is 0.0722 e. The summed E-state index contributed by atoms with van der Waals surface area (Å²) in [6.07, 6.45) is 8.79. The van der Waals surface area contributed by atoms with Crippen molar-refractivity contribution < 1.29 is 0 Å². The lowest BCUT2D eigenvalue weighted by Gasteiger charge is -2.19. The molecule has 0 amide bonds. The lowest BCUT2D eigenvalue weighted by atomic mass is 9.89. The van der Waals surface area contributed by atoms with Gasteiger partial charge in [0.25, 0.3) is 0 Å². The summed E-state index contributed by atoms with van der Waals surface area (Å²) in [6, 6.07) is 0.583. The second-order valence-electron chi connectivity index (χ2n) is 7.06. The van der Waals surface area contributed by atoms with Crippen LogP contribution in [0, 0.1) is 0 Å². The van der Waals surface area contributed by atoms with Crippen LogP contribution < -0.4 is 5.32 Å². The molecule has 0 spiro atoms. The van der Waals surface area contributed by atoms with Gasteiger partial charge in [0.15, 0.2) is 0 Å². The van der Waals surface area contributed by atoms with Crippen molar-refractivity contribution in [3.8, 4) is 0 Å². The summed E-state index contributed by atoms with van der Waals surface area (Å²) in [4.78, 5) is 0. The van der Waals surface area contributed by atoms with Gasteiger partial charge in [-0.05, 0) is 13.3 Å². The highest BCUT2D eigenvalue weighted by molar-refractivity contribution is 5.23. The zero-order valence-electron chi connectivity index (χ0n) is 14.3. The number of unbranched alkanes of at least 4 members (excludes halogenated alkanes) is 3. The SMILES string of the molecule is CCCCCCC(C)NCc1cn(C)nc1C(C)(C)C. The molecule has 0 saturated carbocycles. The molecule has 1 aromatic heterocycles.